The molecule has 0 fully saturated rings. The van der Waals surface area contributed by atoms with Gasteiger partial charge in [-0.1, -0.05) is 31.5 Å². The zero-order valence-corrected chi connectivity index (χ0v) is 13.4. The molecule has 3 nitrogen and oxygen atoms in total. The summed E-state index contributed by atoms with van der Waals surface area (Å²) in [5.74, 6) is -0.400. The van der Waals surface area contributed by atoms with Crippen LogP contribution in [0.4, 0.5) is 4.39 Å². The van der Waals surface area contributed by atoms with Crippen molar-refractivity contribution in [3.8, 4) is 0 Å². The van der Waals surface area contributed by atoms with Crippen molar-refractivity contribution in [2.75, 3.05) is 0 Å². The Morgan fingerprint density at radius 1 is 1.33 bits per heavy atom. The molecule has 0 aliphatic heterocycles. The Balaban J connectivity index is 2.41. The first-order chi connectivity index (χ1) is 9.97. The van der Waals surface area contributed by atoms with E-state index < -0.39 is 5.82 Å². The molecule has 0 radical (unpaired) electrons. The Labute approximate surface area is 129 Å². The van der Waals surface area contributed by atoms with E-state index in [2.05, 4.69) is 18.9 Å². The molecule has 0 saturated carbocycles. The molecule has 2 rings (SSSR count). The third-order valence-corrected chi connectivity index (χ3v) is 3.92. The van der Waals surface area contributed by atoms with Gasteiger partial charge in [0.1, 0.15) is 5.82 Å². The highest BCUT2D eigenvalue weighted by atomic mass is 35.5. The van der Waals surface area contributed by atoms with E-state index in [9.17, 15) is 4.39 Å². The molecule has 0 amide bonds. The fourth-order valence-electron chi connectivity index (χ4n) is 2.67. The summed E-state index contributed by atoms with van der Waals surface area (Å²) in [5, 5.41) is 4.79. The number of aromatic nitrogens is 2. The van der Waals surface area contributed by atoms with Crippen LogP contribution in [-0.4, -0.2) is 9.78 Å². The number of hydrogen-bond acceptors (Lipinski definition) is 2. The van der Waals surface area contributed by atoms with Gasteiger partial charge in [-0.3, -0.25) is 4.68 Å². The molecule has 1 heterocycles. The van der Waals surface area contributed by atoms with Crippen molar-refractivity contribution in [1.82, 2.24) is 9.78 Å². The van der Waals surface area contributed by atoms with E-state index in [-0.39, 0.29) is 11.1 Å². The SMILES string of the molecule is CCc1nn(Cc2ccc(Cl)c(F)c2)c(CC)c1C(C)N. The Bertz CT molecular complexity index is 635. The van der Waals surface area contributed by atoms with Gasteiger partial charge in [0.05, 0.1) is 17.3 Å². The van der Waals surface area contributed by atoms with Gasteiger partial charge in [-0.2, -0.15) is 5.10 Å². The zero-order chi connectivity index (χ0) is 15.6. The van der Waals surface area contributed by atoms with Crippen LogP contribution < -0.4 is 5.73 Å². The normalized spacial score (nSPS) is 12.7. The highest BCUT2D eigenvalue weighted by Gasteiger charge is 2.18. The second-order valence-corrected chi connectivity index (χ2v) is 5.62. The number of hydrogen-bond donors (Lipinski definition) is 1. The molecular weight excluding hydrogens is 289 g/mol. The molecule has 0 saturated heterocycles. The second kappa shape index (κ2) is 6.58. The number of rotatable bonds is 5. The third kappa shape index (κ3) is 3.27. The standard InChI is InChI=1S/C16H21ClFN3/c1-4-14-16(10(3)19)15(5-2)21(20-14)9-11-6-7-12(17)13(18)8-11/h6-8,10H,4-5,9,19H2,1-3H3. The number of halogens is 2. The molecule has 1 aromatic carbocycles. The Morgan fingerprint density at radius 3 is 2.57 bits per heavy atom. The molecule has 0 aliphatic carbocycles. The van der Waals surface area contributed by atoms with Gasteiger partial charge < -0.3 is 5.73 Å². The summed E-state index contributed by atoms with van der Waals surface area (Å²) in [6.07, 6.45) is 1.69. The van der Waals surface area contributed by atoms with Crippen LogP contribution in [0.25, 0.3) is 0 Å². The summed E-state index contributed by atoms with van der Waals surface area (Å²) < 4.78 is 15.5. The quantitative estimate of drug-likeness (QED) is 0.911. The lowest BCUT2D eigenvalue weighted by molar-refractivity contribution is 0.611. The topological polar surface area (TPSA) is 43.8 Å². The molecule has 0 spiro atoms. The van der Waals surface area contributed by atoms with Gasteiger partial charge in [0, 0.05) is 17.3 Å². The number of nitrogens with two attached hydrogens (primary N) is 1. The lowest BCUT2D eigenvalue weighted by atomic mass is 10.0. The van der Waals surface area contributed by atoms with E-state index in [1.807, 2.05) is 17.7 Å². The highest BCUT2D eigenvalue weighted by Crippen LogP contribution is 2.23. The summed E-state index contributed by atoms with van der Waals surface area (Å²) in [6, 6.07) is 4.81. The Hall–Kier alpha value is -1.39. The first kappa shape index (κ1) is 16.0. The van der Waals surface area contributed by atoms with Gasteiger partial charge in [0.15, 0.2) is 0 Å². The van der Waals surface area contributed by atoms with Crippen LogP contribution in [0.5, 0.6) is 0 Å². The molecule has 2 aromatic rings. The minimum absolute atomic E-state index is 0.0504. The van der Waals surface area contributed by atoms with Crippen molar-refractivity contribution in [3.05, 3.63) is 51.6 Å². The molecule has 1 atom stereocenters. The maximum Gasteiger partial charge on any atom is 0.142 e. The van der Waals surface area contributed by atoms with E-state index >= 15 is 0 Å². The van der Waals surface area contributed by atoms with Crippen molar-refractivity contribution in [2.45, 2.75) is 46.2 Å². The average Bonchev–Trinajstić information content (AvgIpc) is 2.80. The number of aryl methyl sites for hydroxylation is 1. The van der Waals surface area contributed by atoms with Gasteiger partial charge in [-0.25, -0.2) is 4.39 Å². The first-order valence-corrected chi connectivity index (χ1v) is 7.63. The first-order valence-electron chi connectivity index (χ1n) is 7.25. The van der Waals surface area contributed by atoms with Gasteiger partial charge in [-0.15, -0.1) is 0 Å². The average molecular weight is 310 g/mol. The zero-order valence-electron chi connectivity index (χ0n) is 12.7. The van der Waals surface area contributed by atoms with Crippen LogP contribution in [-0.2, 0) is 19.4 Å². The number of nitrogens with zero attached hydrogens (tertiary/aromatic N) is 2. The molecule has 2 N–H and O–H groups in total. The van der Waals surface area contributed by atoms with E-state index in [0.717, 1.165) is 35.4 Å². The van der Waals surface area contributed by atoms with Gasteiger partial charge in [-0.05, 0) is 37.5 Å². The van der Waals surface area contributed by atoms with Crippen LogP contribution in [0.2, 0.25) is 5.02 Å². The van der Waals surface area contributed by atoms with E-state index in [0.29, 0.717) is 6.54 Å². The highest BCUT2D eigenvalue weighted by molar-refractivity contribution is 6.30. The molecule has 114 valence electrons. The van der Waals surface area contributed by atoms with Crippen LogP contribution in [0.1, 0.15) is 49.3 Å². The molecule has 1 unspecified atom stereocenters. The maximum atomic E-state index is 13.6. The summed E-state index contributed by atoms with van der Waals surface area (Å²) in [4.78, 5) is 0. The summed E-state index contributed by atoms with van der Waals surface area (Å²) in [7, 11) is 0. The van der Waals surface area contributed by atoms with Gasteiger partial charge >= 0.3 is 0 Å². The van der Waals surface area contributed by atoms with Crippen molar-refractivity contribution >= 4 is 11.6 Å². The Morgan fingerprint density at radius 2 is 2.05 bits per heavy atom. The summed E-state index contributed by atoms with van der Waals surface area (Å²) in [5.41, 5.74) is 10.2. The number of benzene rings is 1. The van der Waals surface area contributed by atoms with Crippen LogP contribution in [0.3, 0.4) is 0 Å². The minimum Gasteiger partial charge on any atom is -0.324 e. The van der Waals surface area contributed by atoms with E-state index in [4.69, 9.17) is 17.3 Å². The predicted octanol–water partition coefficient (Wildman–Crippen LogP) is 3.87. The molecule has 5 heteroatoms. The third-order valence-electron chi connectivity index (χ3n) is 3.62. The monoisotopic (exact) mass is 309 g/mol. The van der Waals surface area contributed by atoms with Crippen molar-refractivity contribution in [3.63, 3.8) is 0 Å². The molecule has 0 aliphatic rings. The Kier molecular flexibility index (Phi) is 5.01. The van der Waals surface area contributed by atoms with Crippen LogP contribution >= 0.6 is 11.6 Å². The molecule has 0 bridgehead atoms. The summed E-state index contributed by atoms with van der Waals surface area (Å²) >= 11 is 5.72. The predicted molar refractivity (Wildman–Crippen MR) is 84.1 cm³/mol. The fraction of sp³-hybridized carbons (Fsp3) is 0.438. The van der Waals surface area contributed by atoms with Crippen LogP contribution in [0, 0.1) is 5.82 Å². The van der Waals surface area contributed by atoms with Crippen molar-refractivity contribution in [1.29, 1.82) is 0 Å². The second-order valence-electron chi connectivity index (χ2n) is 5.21. The fourth-order valence-corrected chi connectivity index (χ4v) is 2.78. The van der Waals surface area contributed by atoms with Crippen molar-refractivity contribution in [2.24, 2.45) is 5.73 Å². The maximum absolute atomic E-state index is 13.6. The van der Waals surface area contributed by atoms with E-state index in [1.165, 1.54) is 6.07 Å². The molecule has 1 aromatic heterocycles. The molecule has 21 heavy (non-hydrogen) atoms. The van der Waals surface area contributed by atoms with Crippen LogP contribution in [0.15, 0.2) is 18.2 Å². The smallest absolute Gasteiger partial charge is 0.142 e. The van der Waals surface area contributed by atoms with Crippen molar-refractivity contribution < 1.29 is 4.39 Å². The van der Waals surface area contributed by atoms with Gasteiger partial charge in [0.25, 0.3) is 0 Å². The van der Waals surface area contributed by atoms with Gasteiger partial charge in [0.2, 0.25) is 0 Å². The minimum atomic E-state index is -0.400. The lowest BCUT2D eigenvalue weighted by Crippen LogP contribution is -2.11. The van der Waals surface area contributed by atoms with E-state index in [1.54, 1.807) is 6.07 Å². The summed E-state index contributed by atoms with van der Waals surface area (Å²) in [6.45, 7) is 6.65. The molecular formula is C16H21ClFN3. The lowest BCUT2D eigenvalue weighted by Gasteiger charge is -2.10. The largest absolute Gasteiger partial charge is 0.324 e.